The minimum Gasteiger partial charge on any atom is -0.507 e. The van der Waals surface area contributed by atoms with E-state index < -0.39 is 0 Å². The number of benzene rings is 7. The number of phenols is 1. The zero-order valence-corrected chi connectivity index (χ0v) is 25.5. The van der Waals surface area contributed by atoms with Crippen molar-refractivity contribution in [3.63, 3.8) is 0 Å². The Morgan fingerprint density at radius 3 is 1.67 bits per heavy atom. The van der Waals surface area contributed by atoms with Crippen molar-refractivity contribution in [2.45, 2.75) is 0 Å². The lowest BCUT2D eigenvalue weighted by atomic mass is 9.84. The first kappa shape index (κ1) is 27.1. The van der Waals surface area contributed by atoms with Gasteiger partial charge in [-0.25, -0.2) is 0 Å². The maximum atomic E-state index is 10.9. The van der Waals surface area contributed by atoms with Crippen molar-refractivity contribution in [2.75, 3.05) is 0 Å². The molecule has 0 aliphatic heterocycles. The van der Waals surface area contributed by atoms with Crippen LogP contribution in [0.4, 0.5) is 0 Å². The molecule has 0 fully saturated rings. The first-order chi connectivity index (χ1) is 22.3. The average Bonchev–Trinajstić information content (AvgIpc) is 3.49. The monoisotopic (exact) mass is 595 g/mol. The highest BCUT2D eigenvalue weighted by Crippen LogP contribution is 2.46. The molecule has 7 aromatic carbocycles. The summed E-state index contributed by atoms with van der Waals surface area (Å²) in [7, 11) is 0.264. The summed E-state index contributed by atoms with van der Waals surface area (Å²) in [6, 6.07) is 57.5. The fourth-order valence-electron chi connectivity index (χ4n) is 6.52. The van der Waals surface area contributed by atoms with E-state index in [0.29, 0.717) is 5.75 Å². The van der Waals surface area contributed by atoms with Gasteiger partial charge in [0.25, 0.3) is 0 Å². The number of aromatic amines is 1. The van der Waals surface area contributed by atoms with Gasteiger partial charge in [-0.1, -0.05) is 160 Å². The predicted octanol–water partition coefficient (Wildman–Crippen LogP) is 10.3. The minimum absolute atomic E-state index is 0.264. The summed E-state index contributed by atoms with van der Waals surface area (Å²) >= 11 is 0. The van der Waals surface area contributed by atoms with Crippen LogP contribution in [-0.2, 0) is 0 Å². The van der Waals surface area contributed by atoms with E-state index in [-0.39, 0.29) is 8.58 Å². The SMILES string of the molecule is Oc1ccccc1Pc1cccc(-c2c(-c3ccccc3)cccc2-c2ccccc2)c1-c1cccc2c1[nH]c1ccccc12. The van der Waals surface area contributed by atoms with Gasteiger partial charge in [-0.05, 0) is 56.4 Å². The van der Waals surface area contributed by atoms with E-state index in [1.807, 2.05) is 18.2 Å². The highest BCUT2D eigenvalue weighted by atomic mass is 31.1. The van der Waals surface area contributed by atoms with E-state index in [1.165, 1.54) is 55.0 Å². The Morgan fingerprint density at radius 1 is 0.400 bits per heavy atom. The van der Waals surface area contributed by atoms with Gasteiger partial charge < -0.3 is 10.1 Å². The van der Waals surface area contributed by atoms with Gasteiger partial charge in [-0.15, -0.1) is 0 Å². The van der Waals surface area contributed by atoms with E-state index in [2.05, 4.69) is 145 Å². The van der Waals surface area contributed by atoms with E-state index in [4.69, 9.17) is 0 Å². The molecule has 0 bridgehead atoms. The summed E-state index contributed by atoms with van der Waals surface area (Å²) in [6.45, 7) is 0. The molecule has 3 heteroatoms. The summed E-state index contributed by atoms with van der Waals surface area (Å²) in [5.74, 6) is 0.325. The van der Waals surface area contributed by atoms with Gasteiger partial charge in [0.05, 0.1) is 5.52 Å². The number of hydrogen-bond acceptors (Lipinski definition) is 1. The molecule has 0 saturated carbocycles. The zero-order valence-electron chi connectivity index (χ0n) is 24.5. The van der Waals surface area contributed by atoms with Crippen LogP contribution in [0.15, 0.2) is 164 Å². The molecule has 214 valence electrons. The number of aromatic hydroxyl groups is 1. The van der Waals surface area contributed by atoms with Crippen LogP contribution in [0.2, 0.25) is 0 Å². The molecule has 0 aliphatic rings. The van der Waals surface area contributed by atoms with Gasteiger partial charge in [0.2, 0.25) is 0 Å². The maximum Gasteiger partial charge on any atom is 0.123 e. The molecule has 8 aromatic rings. The molecule has 0 amide bonds. The Morgan fingerprint density at radius 2 is 0.933 bits per heavy atom. The number of H-pyrrole nitrogens is 1. The van der Waals surface area contributed by atoms with Crippen molar-refractivity contribution in [1.82, 2.24) is 4.98 Å². The predicted molar refractivity (Wildman–Crippen MR) is 193 cm³/mol. The highest BCUT2D eigenvalue weighted by Gasteiger charge is 2.22. The van der Waals surface area contributed by atoms with Gasteiger partial charge in [-0.3, -0.25) is 0 Å². The van der Waals surface area contributed by atoms with Crippen LogP contribution < -0.4 is 10.6 Å². The Labute approximate surface area is 264 Å². The third-order valence-corrected chi connectivity index (χ3v) is 9.93. The Bertz CT molecular complexity index is 2250. The van der Waals surface area contributed by atoms with Crippen LogP contribution in [0.25, 0.3) is 66.3 Å². The average molecular weight is 596 g/mol. The molecule has 45 heavy (non-hydrogen) atoms. The van der Waals surface area contributed by atoms with Crippen LogP contribution in [0.5, 0.6) is 5.75 Å². The lowest BCUT2D eigenvalue weighted by Crippen LogP contribution is -2.09. The lowest BCUT2D eigenvalue weighted by molar-refractivity contribution is 0.480. The molecular weight excluding hydrogens is 565 g/mol. The summed E-state index contributed by atoms with van der Waals surface area (Å²) in [5, 5.41) is 15.4. The van der Waals surface area contributed by atoms with E-state index in [0.717, 1.165) is 21.9 Å². The largest absolute Gasteiger partial charge is 0.507 e. The fourth-order valence-corrected chi connectivity index (χ4v) is 7.77. The molecule has 0 aliphatic carbocycles. The molecule has 0 radical (unpaired) electrons. The van der Waals surface area contributed by atoms with Gasteiger partial charge >= 0.3 is 0 Å². The summed E-state index contributed by atoms with van der Waals surface area (Å²) in [6.07, 6.45) is 0. The van der Waals surface area contributed by atoms with Crippen LogP contribution in [-0.4, -0.2) is 10.1 Å². The summed E-state index contributed by atoms with van der Waals surface area (Å²) in [4.78, 5) is 3.77. The molecule has 1 aromatic heterocycles. The topological polar surface area (TPSA) is 36.0 Å². The molecule has 1 atom stereocenters. The van der Waals surface area contributed by atoms with Gasteiger partial charge in [0.15, 0.2) is 0 Å². The van der Waals surface area contributed by atoms with Crippen LogP contribution in [0.1, 0.15) is 0 Å². The molecule has 1 unspecified atom stereocenters. The van der Waals surface area contributed by atoms with Gasteiger partial charge in [-0.2, -0.15) is 0 Å². The van der Waals surface area contributed by atoms with Crippen molar-refractivity contribution in [1.29, 1.82) is 0 Å². The minimum atomic E-state index is 0.264. The quantitative estimate of drug-likeness (QED) is 0.184. The van der Waals surface area contributed by atoms with Crippen LogP contribution >= 0.6 is 8.58 Å². The molecule has 8 rings (SSSR count). The number of hydrogen-bond donors (Lipinski definition) is 2. The maximum absolute atomic E-state index is 10.9. The smallest absolute Gasteiger partial charge is 0.123 e. The Hall–Kier alpha value is -5.43. The number of nitrogens with one attached hydrogen (secondary N) is 1. The highest BCUT2D eigenvalue weighted by molar-refractivity contribution is 7.56. The van der Waals surface area contributed by atoms with E-state index >= 15 is 0 Å². The fraction of sp³-hybridized carbons (Fsp3) is 0. The Balaban J connectivity index is 1.49. The lowest BCUT2D eigenvalue weighted by Gasteiger charge is -2.22. The zero-order chi connectivity index (χ0) is 30.2. The van der Waals surface area contributed by atoms with Crippen LogP contribution in [0.3, 0.4) is 0 Å². The molecular formula is C42H30NOP. The number of para-hydroxylation sites is 3. The summed E-state index contributed by atoms with van der Waals surface area (Å²) < 4.78 is 0. The number of rotatable bonds is 6. The molecule has 0 saturated heterocycles. The van der Waals surface area contributed by atoms with Crippen molar-refractivity contribution in [2.24, 2.45) is 0 Å². The second-order valence-corrected chi connectivity index (χ2v) is 12.6. The van der Waals surface area contributed by atoms with E-state index in [9.17, 15) is 5.11 Å². The first-order valence-corrected chi connectivity index (χ1v) is 16.2. The normalized spacial score (nSPS) is 11.6. The second-order valence-electron chi connectivity index (χ2n) is 11.2. The number of fused-ring (bicyclic) bond motifs is 3. The second kappa shape index (κ2) is 11.6. The Kier molecular flexibility index (Phi) is 6.98. The molecule has 2 nitrogen and oxygen atoms in total. The van der Waals surface area contributed by atoms with Crippen molar-refractivity contribution < 1.29 is 5.11 Å². The number of phenolic OH excluding ortho intramolecular Hbond substituents is 1. The standard InChI is InChI=1S/C42H30NOP/c44-37-25-9-10-26-38(37)45-39-27-13-22-34(41(39)35-23-12-21-33-32-18-7-8-24-36(32)43-42(33)35)40-30(28-14-3-1-4-15-28)19-11-20-31(40)29-16-5-2-6-17-29/h1-27,43-45H. The third kappa shape index (κ3) is 4.90. The number of aromatic nitrogens is 1. The van der Waals surface area contributed by atoms with E-state index in [1.54, 1.807) is 6.07 Å². The summed E-state index contributed by atoms with van der Waals surface area (Å²) in [5.41, 5.74) is 11.7. The molecule has 0 spiro atoms. The van der Waals surface area contributed by atoms with Crippen molar-refractivity contribution in [3.8, 4) is 50.3 Å². The van der Waals surface area contributed by atoms with Gasteiger partial charge in [0, 0.05) is 27.2 Å². The van der Waals surface area contributed by atoms with Crippen LogP contribution in [0, 0.1) is 0 Å². The van der Waals surface area contributed by atoms with Crippen molar-refractivity contribution in [3.05, 3.63) is 164 Å². The van der Waals surface area contributed by atoms with Gasteiger partial charge in [0.1, 0.15) is 5.75 Å². The molecule has 2 N–H and O–H groups in total. The molecule has 1 heterocycles. The first-order valence-electron chi connectivity index (χ1n) is 15.2. The third-order valence-electron chi connectivity index (χ3n) is 8.55. The van der Waals surface area contributed by atoms with Crippen molar-refractivity contribution >= 4 is 41.0 Å².